The lowest BCUT2D eigenvalue weighted by molar-refractivity contribution is -0.141. The molecule has 1 aromatic carbocycles. The van der Waals surface area contributed by atoms with E-state index in [0.29, 0.717) is 13.1 Å². The molecule has 0 bridgehead atoms. The van der Waals surface area contributed by atoms with Crippen LogP contribution < -0.4 is 10.6 Å². The normalized spacial score (nSPS) is 11.7. The second kappa shape index (κ2) is 7.83. The molecule has 5 nitrogen and oxygen atoms in total. The van der Waals surface area contributed by atoms with E-state index in [2.05, 4.69) is 20.6 Å². The van der Waals surface area contributed by atoms with Gasteiger partial charge in [-0.2, -0.15) is 18.2 Å². The van der Waals surface area contributed by atoms with Crippen molar-refractivity contribution in [2.24, 2.45) is 0 Å². The summed E-state index contributed by atoms with van der Waals surface area (Å²) in [5.41, 5.74) is -0.871. The number of alkyl halides is 3. The quantitative estimate of drug-likeness (QED) is 0.745. The highest BCUT2D eigenvalue weighted by molar-refractivity contribution is 6.33. The maximum Gasteiger partial charge on any atom is 0.433 e. The molecule has 0 spiro atoms. The lowest BCUT2D eigenvalue weighted by Gasteiger charge is -2.14. The van der Waals surface area contributed by atoms with Crippen LogP contribution in [-0.4, -0.2) is 42.1 Å². The Balaban J connectivity index is 2.29. The molecule has 2 rings (SSSR count). The Morgan fingerprint density at radius 1 is 1.16 bits per heavy atom. The van der Waals surface area contributed by atoms with Crippen LogP contribution in [0.1, 0.15) is 5.69 Å². The van der Waals surface area contributed by atoms with Crippen molar-refractivity contribution in [1.29, 1.82) is 0 Å². The SMILES string of the molecule is CN(C)CCNc1nc(Nc2ccc(F)cc2Cl)cc(C(F)(F)F)n1. The summed E-state index contributed by atoms with van der Waals surface area (Å²) in [5, 5.41) is 5.42. The summed E-state index contributed by atoms with van der Waals surface area (Å²) in [6, 6.07) is 4.26. The third-order valence-corrected chi connectivity index (χ3v) is 3.37. The Kier molecular flexibility index (Phi) is 6.02. The lowest BCUT2D eigenvalue weighted by Crippen LogP contribution is -2.22. The zero-order chi connectivity index (χ0) is 18.6. The van der Waals surface area contributed by atoms with Crippen molar-refractivity contribution in [3.8, 4) is 0 Å². The fraction of sp³-hybridized carbons (Fsp3) is 0.333. The largest absolute Gasteiger partial charge is 0.433 e. The van der Waals surface area contributed by atoms with Gasteiger partial charge in [-0.1, -0.05) is 11.6 Å². The van der Waals surface area contributed by atoms with Gasteiger partial charge in [-0.3, -0.25) is 0 Å². The number of rotatable bonds is 6. The van der Waals surface area contributed by atoms with E-state index in [1.165, 1.54) is 6.07 Å². The van der Waals surface area contributed by atoms with Gasteiger partial charge in [-0.05, 0) is 32.3 Å². The molecule has 0 aliphatic carbocycles. The molecule has 0 radical (unpaired) electrons. The van der Waals surface area contributed by atoms with Crippen LogP contribution in [0.25, 0.3) is 0 Å². The summed E-state index contributed by atoms with van der Waals surface area (Å²) >= 11 is 5.88. The summed E-state index contributed by atoms with van der Waals surface area (Å²) in [5.74, 6) is -0.833. The fourth-order valence-electron chi connectivity index (χ4n) is 1.86. The molecule has 2 N–H and O–H groups in total. The molecule has 25 heavy (non-hydrogen) atoms. The highest BCUT2D eigenvalue weighted by Crippen LogP contribution is 2.31. The van der Waals surface area contributed by atoms with E-state index >= 15 is 0 Å². The summed E-state index contributed by atoms with van der Waals surface area (Å²) in [6.07, 6.45) is -4.63. The Morgan fingerprint density at radius 3 is 2.48 bits per heavy atom. The standard InChI is InChI=1S/C15H16ClF4N5/c1-25(2)6-5-21-14-23-12(15(18,19)20)8-13(24-14)22-11-4-3-9(17)7-10(11)16/h3-4,7-8H,5-6H2,1-2H3,(H2,21,22,23,24). The fourth-order valence-corrected chi connectivity index (χ4v) is 2.07. The van der Waals surface area contributed by atoms with Gasteiger partial charge in [0.05, 0.1) is 10.7 Å². The Labute approximate surface area is 147 Å². The molecule has 2 aromatic rings. The first-order valence-corrected chi connectivity index (χ1v) is 7.60. The smallest absolute Gasteiger partial charge is 0.353 e. The molecule has 0 saturated heterocycles. The van der Waals surface area contributed by atoms with Crippen molar-refractivity contribution in [2.45, 2.75) is 6.18 Å². The molecular formula is C15H16ClF4N5. The Morgan fingerprint density at radius 2 is 1.88 bits per heavy atom. The molecule has 136 valence electrons. The second-order valence-electron chi connectivity index (χ2n) is 5.44. The first-order chi connectivity index (χ1) is 11.6. The first kappa shape index (κ1) is 19.2. The third kappa shape index (κ3) is 5.71. The number of nitrogens with zero attached hydrogens (tertiary/aromatic N) is 3. The zero-order valence-corrected chi connectivity index (χ0v) is 14.2. The molecule has 0 atom stereocenters. The minimum atomic E-state index is -4.63. The molecule has 0 saturated carbocycles. The van der Waals surface area contributed by atoms with Crippen LogP contribution in [-0.2, 0) is 6.18 Å². The van der Waals surface area contributed by atoms with E-state index in [9.17, 15) is 17.6 Å². The van der Waals surface area contributed by atoms with Gasteiger partial charge in [0.2, 0.25) is 5.95 Å². The minimum Gasteiger partial charge on any atom is -0.353 e. The van der Waals surface area contributed by atoms with Crippen LogP contribution in [0.4, 0.5) is 35.0 Å². The van der Waals surface area contributed by atoms with Crippen LogP contribution in [0, 0.1) is 5.82 Å². The summed E-state index contributed by atoms with van der Waals surface area (Å²) in [7, 11) is 3.66. The van der Waals surface area contributed by atoms with Crippen molar-refractivity contribution >= 4 is 29.1 Å². The van der Waals surface area contributed by atoms with Crippen molar-refractivity contribution < 1.29 is 17.6 Å². The van der Waals surface area contributed by atoms with Crippen molar-refractivity contribution in [1.82, 2.24) is 14.9 Å². The highest BCUT2D eigenvalue weighted by atomic mass is 35.5. The number of hydrogen-bond donors (Lipinski definition) is 2. The summed E-state index contributed by atoms with van der Waals surface area (Å²) in [6.45, 7) is 0.956. The molecular weight excluding hydrogens is 362 g/mol. The number of anilines is 3. The molecule has 0 unspecified atom stereocenters. The number of hydrogen-bond acceptors (Lipinski definition) is 5. The van der Waals surface area contributed by atoms with Crippen LogP contribution in [0.15, 0.2) is 24.3 Å². The molecule has 0 amide bonds. The monoisotopic (exact) mass is 377 g/mol. The van der Waals surface area contributed by atoms with Crippen LogP contribution in [0.5, 0.6) is 0 Å². The topological polar surface area (TPSA) is 53.1 Å². The molecule has 1 heterocycles. The van der Waals surface area contributed by atoms with Crippen molar-refractivity contribution in [3.63, 3.8) is 0 Å². The molecule has 1 aromatic heterocycles. The number of likely N-dealkylation sites (N-methyl/N-ethyl adjacent to an activating group) is 1. The average molecular weight is 378 g/mol. The average Bonchev–Trinajstić information content (AvgIpc) is 2.49. The van der Waals surface area contributed by atoms with Gasteiger partial charge >= 0.3 is 6.18 Å². The van der Waals surface area contributed by atoms with Gasteiger partial charge in [-0.15, -0.1) is 0 Å². The highest BCUT2D eigenvalue weighted by Gasteiger charge is 2.33. The number of benzene rings is 1. The molecule has 0 aliphatic rings. The van der Waals surface area contributed by atoms with E-state index in [1.807, 2.05) is 19.0 Å². The maximum atomic E-state index is 13.1. The van der Waals surface area contributed by atoms with Gasteiger partial charge in [0.1, 0.15) is 11.6 Å². The lowest BCUT2D eigenvalue weighted by atomic mass is 10.3. The number of aromatic nitrogens is 2. The molecule has 0 aliphatic heterocycles. The van der Waals surface area contributed by atoms with Crippen molar-refractivity contribution in [2.75, 3.05) is 37.8 Å². The predicted molar refractivity (Wildman–Crippen MR) is 88.8 cm³/mol. The Bertz CT molecular complexity index is 736. The van der Waals surface area contributed by atoms with Crippen LogP contribution >= 0.6 is 11.6 Å². The molecule has 0 fully saturated rings. The minimum absolute atomic E-state index is 0.0225. The number of halogens is 5. The maximum absolute atomic E-state index is 13.1. The van der Waals surface area contributed by atoms with Crippen LogP contribution in [0.2, 0.25) is 5.02 Å². The summed E-state index contributed by atoms with van der Waals surface area (Å²) < 4.78 is 52.2. The van der Waals surface area contributed by atoms with E-state index in [-0.39, 0.29) is 22.5 Å². The number of nitrogens with one attached hydrogen (secondary N) is 2. The van der Waals surface area contributed by atoms with Crippen molar-refractivity contribution in [3.05, 3.63) is 40.8 Å². The second-order valence-corrected chi connectivity index (χ2v) is 5.85. The van der Waals surface area contributed by atoms with E-state index in [1.54, 1.807) is 0 Å². The predicted octanol–water partition coefficient (Wildman–Crippen LogP) is 4.01. The van der Waals surface area contributed by atoms with Gasteiger partial charge in [0.25, 0.3) is 0 Å². The molecule has 10 heteroatoms. The van der Waals surface area contributed by atoms with E-state index in [0.717, 1.165) is 18.2 Å². The summed E-state index contributed by atoms with van der Waals surface area (Å²) in [4.78, 5) is 9.34. The van der Waals surface area contributed by atoms with Gasteiger partial charge in [0.15, 0.2) is 5.69 Å². The van der Waals surface area contributed by atoms with E-state index < -0.39 is 17.7 Å². The third-order valence-electron chi connectivity index (χ3n) is 3.05. The zero-order valence-electron chi connectivity index (χ0n) is 13.5. The first-order valence-electron chi connectivity index (χ1n) is 7.22. The van der Waals surface area contributed by atoms with Gasteiger partial charge < -0.3 is 15.5 Å². The van der Waals surface area contributed by atoms with Gasteiger partial charge in [-0.25, -0.2) is 9.37 Å². The Hall–Kier alpha value is -2.13. The van der Waals surface area contributed by atoms with E-state index in [4.69, 9.17) is 11.6 Å². The van der Waals surface area contributed by atoms with Crippen LogP contribution in [0.3, 0.4) is 0 Å². The van der Waals surface area contributed by atoms with Gasteiger partial charge in [0, 0.05) is 19.2 Å².